The number of anilines is 1. The minimum Gasteiger partial charge on any atom is -0.496 e. The lowest BCUT2D eigenvalue weighted by Crippen LogP contribution is -2.38. The molecule has 0 amide bonds. The Morgan fingerprint density at radius 2 is 1.81 bits per heavy atom. The lowest BCUT2D eigenvalue weighted by atomic mass is 9.97. The molecular formula is C26H38N4O2. The molecule has 0 saturated carbocycles. The zero-order chi connectivity index (χ0) is 22.8. The van der Waals surface area contributed by atoms with Crippen molar-refractivity contribution < 1.29 is 9.84 Å². The van der Waals surface area contributed by atoms with Crippen LogP contribution in [-0.4, -0.2) is 51.0 Å². The number of aliphatic hydroxyl groups excluding tert-OH is 1. The monoisotopic (exact) mass is 438 g/mol. The van der Waals surface area contributed by atoms with Crippen molar-refractivity contribution >= 4 is 11.6 Å². The largest absolute Gasteiger partial charge is 0.496 e. The van der Waals surface area contributed by atoms with E-state index in [-0.39, 0.29) is 0 Å². The lowest BCUT2D eigenvalue weighted by Gasteiger charge is -2.32. The van der Waals surface area contributed by atoms with Crippen LogP contribution in [0.2, 0.25) is 0 Å². The Bertz CT molecular complexity index is 859. The highest BCUT2D eigenvalue weighted by Crippen LogP contribution is 2.23. The molecular weight excluding hydrogens is 400 g/mol. The first kappa shape index (κ1) is 23.9. The van der Waals surface area contributed by atoms with Crippen LogP contribution in [-0.2, 0) is 13.0 Å². The number of aliphatic hydroxyl groups is 1. The number of hydrogen-bond donors (Lipinski definition) is 3. The van der Waals surface area contributed by atoms with Crippen molar-refractivity contribution in [3.05, 3.63) is 59.2 Å². The summed E-state index contributed by atoms with van der Waals surface area (Å²) in [6, 6.07) is 15.1. The van der Waals surface area contributed by atoms with E-state index in [1.807, 2.05) is 0 Å². The molecule has 32 heavy (non-hydrogen) atoms. The molecule has 3 N–H and O–H groups in total. The fraction of sp³-hybridized carbons (Fsp3) is 0.500. The summed E-state index contributed by atoms with van der Waals surface area (Å²) >= 11 is 0. The number of nitrogens with zero attached hydrogens (tertiary/aromatic N) is 2. The summed E-state index contributed by atoms with van der Waals surface area (Å²) in [5, 5.41) is 16.1. The van der Waals surface area contributed by atoms with E-state index in [1.165, 1.54) is 16.8 Å². The molecule has 0 aromatic heterocycles. The first-order chi connectivity index (χ1) is 15.6. The van der Waals surface area contributed by atoms with Crippen molar-refractivity contribution in [2.45, 2.75) is 39.7 Å². The summed E-state index contributed by atoms with van der Waals surface area (Å²) in [4.78, 5) is 7.16. The van der Waals surface area contributed by atoms with Gasteiger partial charge in [0.05, 0.1) is 13.7 Å². The molecule has 0 radical (unpaired) electrons. The van der Waals surface area contributed by atoms with Crippen LogP contribution in [0.1, 0.15) is 36.5 Å². The van der Waals surface area contributed by atoms with Crippen LogP contribution in [0.15, 0.2) is 47.5 Å². The minimum absolute atomic E-state index is 0.312. The molecule has 1 aliphatic rings. The zero-order valence-corrected chi connectivity index (χ0v) is 19.7. The average Bonchev–Trinajstić information content (AvgIpc) is 2.84. The Hall–Kier alpha value is -2.73. The van der Waals surface area contributed by atoms with Gasteiger partial charge in [-0.05, 0) is 73.9 Å². The van der Waals surface area contributed by atoms with Gasteiger partial charge in [-0.1, -0.05) is 24.3 Å². The molecule has 0 atom stereocenters. The number of aryl methyl sites for hydroxylation is 1. The van der Waals surface area contributed by atoms with Crippen molar-refractivity contribution in [1.29, 1.82) is 0 Å². The van der Waals surface area contributed by atoms with Gasteiger partial charge >= 0.3 is 0 Å². The quantitative estimate of drug-likeness (QED) is 0.413. The third-order valence-corrected chi connectivity index (χ3v) is 6.12. The fourth-order valence-electron chi connectivity index (χ4n) is 4.04. The number of rotatable bonds is 9. The van der Waals surface area contributed by atoms with Crippen molar-refractivity contribution in [2.75, 3.05) is 44.8 Å². The third-order valence-electron chi connectivity index (χ3n) is 6.12. The number of guanidine groups is 1. The maximum atomic E-state index is 9.32. The molecule has 3 rings (SSSR count). The second-order valence-corrected chi connectivity index (χ2v) is 8.46. The molecule has 1 heterocycles. The molecule has 2 aromatic carbocycles. The van der Waals surface area contributed by atoms with Crippen LogP contribution in [0.3, 0.4) is 0 Å². The maximum Gasteiger partial charge on any atom is 0.191 e. The van der Waals surface area contributed by atoms with Gasteiger partial charge in [0, 0.05) is 38.5 Å². The number of hydrogen-bond acceptors (Lipinski definition) is 4. The average molecular weight is 439 g/mol. The van der Waals surface area contributed by atoms with Gasteiger partial charge in [0.25, 0.3) is 0 Å². The van der Waals surface area contributed by atoms with Gasteiger partial charge in [-0.2, -0.15) is 0 Å². The van der Waals surface area contributed by atoms with Gasteiger partial charge < -0.3 is 25.4 Å². The van der Waals surface area contributed by atoms with E-state index in [4.69, 9.17) is 9.73 Å². The zero-order valence-electron chi connectivity index (χ0n) is 19.7. The van der Waals surface area contributed by atoms with Crippen LogP contribution < -0.4 is 20.3 Å². The minimum atomic E-state index is 0.312. The van der Waals surface area contributed by atoms with E-state index in [1.54, 1.807) is 7.11 Å². The predicted octanol–water partition coefficient (Wildman–Crippen LogP) is 3.51. The van der Waals surface area contributed by atoms with Crippen molar-refractivity contribution in [1.82, 2.24) is 10.6 Å². The van der Waals surface area contributed by atoms with Gasteiger partial charge in [0.1, 0.15) is 5.75 Å². The second-order valence-electron chi connectivity index (χ2n) is 8.46. The van der Waals surface area contributed by atoms with Crippen LogP contribution in [0, 0.1) is 12.8 Å². The Morgan fingerprint density at radius 1 is 1.09 bits per heavy atom. The number of nitrogens with one attached hydrogen (secondary N) is 2. The molecule has 6 heteroatoms. The van der Waals surface area contributed by atoms with Gasteiger partial charge in [0.15, 0.2) is 5.96 Å². The van der Waals surface area contributed by atoms with E-state index in [0.29, 0.717) is 19.1 Å². The first-order valence-electron chi connectivity index (χ1n) is 11.7. The highest BCUT2D eigenvalue weighted by Gasteiger charge is 2.18. The van der Waals surface area contributed by atoms with Crippen LogP contribution in [0.4, 0.5) is 5.69 Å². The molecule has 6 nitrogen and oxygen atoms in total. The Labute approximate surface area is 192 Å². The van der Waals surface area contributed by atoms with E-state index in [0.717, 1.165) is 62.7 Å². The van der Waals surface area contributed by atoms with E-state index in [9.17, 15) is 5.11 Å². The van der Waals surface area contributed by atoms with Crippen molar-refractivity contribution in [3.63, 3.8) is 0 Å². The normalized spacial score (nSPS) is 15.0. The summed E-state index contributed by atoms with van der Waals surface area (Å²) in [5.41, 5.74) is 4.85. The van der Waals surface area contributed by atoms with Gasteiger partial charge in [-0.15, -0.1) is 0 Å². The molecule has 174 valence electrons. The molecule has 0 bridgehead atoms. The van der Waals surface area contributed by atoms with Gasteiger partial charge in [0.2, 0.25) is 0 Å². The topological polar surface area (TPSA) is 69.1 Å². The molecule has 0 aliphatic carbocycles. The standard InChI is InChI=1S/C26H38N4O2/c1-4-27-26(28-14-11-21-6-5-20(2)25(17-21)32-3)29-18-22-7-9-24(10-8-22)30-15-12-23(19-31)13-16-30/h5-10,17,23,31H,4,11-16,18-19H2,1-3H3,(H2,27,28,29). The summed E-state index contributed by atoms with van der Waals surface area (Å²) in [5.74, 6) is 2.23. The van der Waals surface area contributed by atoms with Crippen molar-refractivity contribution in [3.8, 4) is 5.75 Å². The summed E-state index contributed by atoms with van der Waals surface area (Å²) in [6.07, 6.45) is 3.04. The second kappa shape index (κ2) is 12.3. The smallest absolute Gasteiger partial charge is 0.191 e. The molecule has 1 saturated heterocycles. The highest BCUT2D eigenvalue weighted by molar-refractivity contribution is 5.79. The lowest BCUT2D eigenvalue weighted by molar-refractivity contribution is 0.203. The Balaban J connectivity index is 1.51. The molecule has 1 aliphatic heterocycles. The SMILES string of the molecule is CCNC(=NCc1ccc(N2CCC(CO)CC2)cc1)NCCc1ccc(C)c(OC)c1. The number of aliphatic imine (C=N–C) groups is 1. The molecule has 0 spiro atoms. The molecule has 1 fully saturated rings. The van der Waals surface area contributed by atoms with Crippen LogP contribution >= 0.6 is 0 Å². The van der Waals surface area contributed by atoms with E-state index >= 15 is 0 Å². The predicted molar refractivity (Wildman–Crippen MR) is 133 cm³/mol. The number of ether oxygens (including phenoxy) is 1. The fourth-order valence-corrected chi connectivity index (χ4v) is 4.04. The number of piperidine rings is 1. The molecule has 0 unspecified atom stereocenters. The number of benzene rings is 2. The van der Waals surface area contributed by atoms with Crippen LogP contribution in [0.5, 0.6) is 5.75 Å². The van der Waals surface area contributed by atoms with Gasteiger partial charge in [-0.3, -0.25) is 0 Å². The van der Waals surface area contributed by atoms with Crippen molar-refractivity contribution in [2.24, 2.45) is 10.9 Å². The Morgan fingerprint density at radius 3 is 2.47 bits per heavy atom. The van der Waals surface area contributed by atoms with Gasteiger partial charge in [-0.25, -0.2) is 4.99 Å². The number of methoxy groups -OCH3 is 1. The van der Waals surface area contributed by atoms with E-state index < -0.39 is 0 Å². The summed E-state index contributed by atoms with van der Waals surface area (Å²) in [6.45, 7) is 8.76. The van der Waals surface area contributed by atoms with E-state index in [2.05, 4.69) is 71.8 Å². The third kappa shape index (κ3) is 6.89. The Kier molecular flexibility index (Phi) is 9.23. The maximum absolute atomic E-state index is 9.32. The molecule has 2 aromatic rings. The highest BCUT2D eigenvalue weighted by atomic mass is 16.5. The summed E-state index contributed by atoms with van der Waals surface area (Å²) < 4.78 is 5.43. The van der Waals surface area contributed by atoms with Crippen LogP contribution in [0.25, 0.3) is 0 Å². The summed E-state index contributed by atoms with van der Waals surface area (Å²) in [7, 11) is 1.71. The first-order valence-corrected chi connectivity index (χ1v) is 11.7.